The van der Waals surface area contributed by atoms with Crippen LogP contribution in [0.1, 0.15) is 16.9 Å². The van der Waals surface area contributed by atoms with Crippen molar-refractivity contribution in [1.82, 2.24) is 4.90 Å². The molecule has 0 radical (unpaired) electrons. The molecule has 0 atom stereocenters. The van der Waals surface area contributed by atoms with Crippen molar-refractivity contribution in [2.24, 2.45) is 10.2 Å². The van der Waals surface area contributed by atoms with Crippen LogP contribution in [0.2, 0.25) is 5.02 Å². The van der Waals surface area contributed by atoms with Crippen molar-refractivity contribution in [1.29, 1.82) is 0 Å². The van der Waals surface area contributed by atoms with E-state index < -0.39 is 0 Å². The zero-order chi connectivity index (χ0) is 31.8. The van der Waals surface area contributed by atoms with E-state index in [1.165, 1.54) is 4.90 Å². The quantitative estimate of drug-likeness (QED) is 0.0993. The molecule has 10 nitrogen and oxygen atoms in total. The molecule has 4 aromatic rings. The van der Waals surface area contributed by atoms with Crippen molar-refractivity contribution in [2.75, 3.05) is 26.1 Å². The Bertz CT molecular complexity index is 1780. The maximum Gasteiger partial charge on any atom is 0.267 e. The highest BCUT2D eigenvalue weighted by atomic mass is 79.9. The minimum absolute atomic E-state index is 0.160. The highest BCUT2D eigenvalue weighted by molar-refractivity contribution is 9.10. The molecule has 1 aliphatic heterocycles. The number of hydrogen-bond donors (Lipinski definition) is 1. The number of carbonyl (C=O) groups excluding carboxylic acids is 2. The standard InChI is InChI=1S/C32H26BrClN4O6S/c1-41-27-11-5-20(14-28(27)42-2)17-35-37-32-38(18-25-4-3-13-43-25)31(40)29(45-32)16-21-15-22(33)6-12-26(21)44-19-30(39)36-24-9-7-23(34)8-10-24/h3-17H,18-19H2,1-2H3,(H,36,39)/b29-16-,35-17+,37-32-. The highest BCUT2D eigenvalue weighted by Crippen LogP contribution is 2.36. The third-order valence-electron chi connectivity index (χ3n) is 6.28. The third-order valence-corrected chi connectivity index (χ3v) is 8.03. The lowest BCUT2D eigenvalue weighted by atomic mass is 10.2. The lowest BCUT2D eigenvalue weighted by Gasteiger charge is -2.13. The Morgan fingerprint density at radius 2 is 1.82 bits per heavy atom. The second-order valence-corrected chi connectivity index (χ2v) is 11.7. The molecular formula is C32H26BrClN4O6S. The number of hydrogen-bond acceptors (Lipinski definition) is 9. The molecule has 1 aliphatic rings. The number of ether oxygens (including phenoxy) is 3. The van der Waals surface area contributed by atoms with Gasteiger partial charge in [-0.3, -0.25) is 14.5 Å². The molecule has 1 N–H and O–H groups in total. The fourth-order valence-electron chi connectivity index (χ4n) is 4.14. The first-order valence-corrected chi connectivity index (χ1v) is 15.4. The number of nitrogens with one attached hydrogen (secondary N) is 1. The van der Waals surface area contributed by atoms with Crippen LogP contribution < -0.4 is 19.5 Å². The second-order valence-electron chi connectivity index (χ2n) is 9.35. The lowest BCUT2D eigenvalue weighted by molar-refractivity contribution is -0.122. The summed E-state index contributed by atoms with van der Waals surface area (Å²) in [6.45, 7) is -0.0860. The van der Waals surface area contributed by atoms with E-state index in [2.05, 4.69) is 31.4 Å². The molecule has 0 saturated carbocycles. The van der Waals surface area contributed by atoms with E-state index in [1.54, 1.807) is 99.5 Å². The van der Waals surface area contributed by atoms with Gasteiger partial charge in [-0.25, -0.2) is 0 Å². The maximum absolute atomic E-state index is 13.6. The topological polar surface area (TPSA) is 115 Å². The Morgan fingerprint density at radius 1 is 1.04 bits per heavy atom. The first kappa shape index (κ1) is 31.9. The molecule has 230 valence electrons. The molecular weight excluding hydrogens is 684 g/mol. The fraction of sp³-hybridized carbons (Fsp3) is 0.125. The molecule has 0 spiro atoms. The average Bonchev–Trinajstić information content (AvgIpc) is 3.66. The van der Waals surface area contributed by atoms with Crippen LogP contribution in [0.4, 0.5) is 5.69 Å². The minimum atomic E-state index is -0.350. The van der Waals surface area contributed by atoms with Gasteiger partial charge >= 0.3 is 0 Å². The lowest BCUT2D eigenvalue weighted by Crippen LogP contribution is -2.28. The van der Waals surface area contributed by atoms with Gasteiger partial charge in [0, 0.05) is 20.7 Å². The molecule has 1 aromatic heterocycles. The zero-order valence-electron chi connectivity index (χ0n) is 24.0. The number of benzene rings is 3. The summed E-state index contributed by atoms with van der Waals surface area (Å²) in [6, 6.07) is 21.0. The molecule has 5 rings (SSSR count). The van der Waals surface area contributed by atoms with Crippen molar-refractivity contribution in [3.05, 3.63) is 110 Å². The van der Waals surface area contributed by atoms with Crippen LogP contribution in [0.15, 0.2) is 103 Å². The van der Waals surface area contributed by atoms with Gasteiger partial charge in [0.2, 0.25) is 0 Å². The van der Waals surface area contributed by atoms with Crippen LogP contribution in [-0.2, 0) is 16.1 Å². The van der Waals surface area contributed by atoms with E-state index in [-0.39, 0.29) is 25.0 Å². The monoisotopic (exact) mass is 708 g/mol. The number of furan rings is 1. The minimum Gasteiger partial charge on any atom is -0.493 e. The van der Waals surface area contributed by atoms with Gasteiger partial charge in [0.1, 0.15) is 11.5 Å². The number of halogens is 2. The molecule has 2 amide bonds. The van der Waals surface area contributed by atoms with Crippen molar-refractivity contribution >= 4 is 74.3 Å². The van der Waals surface area contributed by atoms with E-state index >= 15 is 0 Å². The summed E-state index contributed by atoms with van der Waals surface area (Å²) >= 11 is 10.6. The number of anilines is 1. The summed E-state index contributed by atoms with van der Waals surface area (Å²) < 4.78 is 22.8. The van der Waals surface area contributed by atoms with Gasteiger partial charge in [-0.2, -0.15) is 5.10 Å². The van der Waals surface area contributed by atoms with E-state index in [9.17, 15) is 9.59 Å². The van der Waals surface area contributed by atoms with Crippen LogP contribution in [0.5, 0.6) is 17.2 Å². The Morgan fingerprint density at radius 3 is 2.56 bits per heavy atom. The van der Waals surface area contributed by atoms with Crippen LogP contribution >= 0.6 is 39.3 Å². The number of amidine groups is 1. The van der Waals surface area contributed by atoms with Gasteiger partial charge in [-0.1, -0.05) is 27.5 Å². The van der Waals surface area contributed by atoms with Crippen molar-refractivity contribution in [2.45, 2.75) is 6.54 Å². The van der Waals surface area contributed by atoms with Crippen LogP contribution in [0.25, 0.3) is 6.08 Å². The van der Waals surface area contributed by atoms with Crippen LogP contribution in [0, 0.1) is 0 Å². The number of methoxy groups -OCH3 is 2. The van der Waals surface area contributed by atoms with Crippen LogP contribution in [-0.4, -0.2) is 48.9 Å². The fourth-order valence-corrected chi connectivity index (χ4v) is 5.57. The number of thioether (sulfide) groups is 1. The number of nitrogens with zero attached hydrogens (tertiary/aromatic N) is 3. The zero-order valence-corrected chi connectivity index (χ0v) is 27.2. The normalized spacial score (nSPS) is 14.8. The van der Waals surface area contributed by atoms with Crippen molar-refractivity contribution in [3.63, 3.8) is 0 Å². The first-order valence-electron chi connectivity index (χ1n) is 13.4. The number of rotatable bonds is 11. The van der Waals surface area contributed by atoms with Gasteiger partial charge in [0.15, 0.2) is 23.3 Å². The van der Waals surface area contributed by atoms with Crippen LogP contribution in [0.3, 0.4) is 0 Å². The molecule has 0 bridgehead atoms. The largest absolute Gasteiger partial charge is 0.493 e. The van der Waals surface area contributed by atoms with E-state index in [4.69, 9.17) is 30.2 Å². The number of amides is 2. The van der Waals surface area contributed by atoms with Crippen molar-refractivity contribution in [3.8, 4) is 17.2 Å². The molecule has 13 heteroatoms. The summed E-state index contributed by atoms with van der Waals surface area (Å²) in [6.07, 6.45) is 4.79. The Hall–Kier alpha value is -4.52. The van der Waals surface area contributed by atoms with E-state index in [0.717, 1.165) is 21.8 Å². The molecule has 3 aromatic carbocycles. The predicted octanol–water partition coefficient (Wildman–Crippen LogP) is 7.24. The Labute approximate surface area is 276 Å². The predicted molar refractivity (Wildman–Crippen MR) is 179 cm³/mol. The molecule has 0 unspecified atom stereocenters. The second kappa shape index (κ2) is 15.0. The summed E-state index contributed by atoms with van der Waals surface area (Å²) in [5.41, 5.74) is 1.92. The molecule has 1 fully saturated rings. The van der Waals surface area contributed by atoms with Gasteiger partial charge < -0.3 is 23.9 Å². The Balaban J connectivity index is 1.37. The summed E-state index contributed by atoms with van der Waals surface area (Å²) in [5, 5.41) is 12.3. The van der Waals surface area contributed by atoms with E-state index in [0.29, 0.717) is 49.4 Å². The van der Waals surface area contributed by atoms with Gasteiger partial charge in [-0.05, 0) is 96.2 Å². The average molecular weight is 710 g/mol. The van der Waals surface area contributed by atoms with Gasteiger partial charge in [-0.15, -0.1) is 5.10 Å². The maximum atomic E-state index is 13.6. The van der Waals surface area contributed by atoms with Gasteiger partial charge in [0.25, 0.3) is 11.8 Å². The summed E-state index contributed by atoms with van der Waals surface area (Å²) in [4.78, 5) is 28.0. The Kier molecular flexibility index (Phi) is 10.6. The molecule has 0 aliphatic carbocycles. The molecule has 1 saturated heterocycles. The van der Waals surface area contributed by atoms with Gasteiger partial charge in [0.05, 0.1) is 38.1 Å². The summed E-state index contributed by atoms with van der Waals surface area (Å²) in [5.74, 6) is 1.51. The third kappa shape index (κ3) is 8.35. The summed E-state index contributed by atoms with van der Waals surface area (Å²) in [7, 11) is 3.12. The van der Waals surface area contributed by atoms with E-state index in [1.807, 2.05) is 6.07 Å². The van der Waals surface area contributed by atoms with Crippen molar-refractivity contribution < 1.29 is 28.2 Å². The molecule has 2 heterocycles. The number of carbonyl (C=O) groups is 2. The highest BCUT2D eigenvalue weighted by Gasteiger charge is 2.34. The SMILES string of the molecule is COc1ccc(/C=N/N=C2\S/C(=C\c3cc(Br)ccc3OCC(=O)Nc3ccc(Cl)cc3)C(=O)N2Cc2ccco2)cc1OC. The molecule has 45 heavy (non-hydrogen) atoms. The smallest absolute Gasteiger partial charge is 0.267 e. The first-order chi connectivity index (χ1) is 21.8.